The van der Waals surface area contributed by atoms with Crippen molar-refractivity contribution in [3.63, 3.8) is 0 Å². The van der Waals surface area contributed by atoms with Crippen LogP contribution in [-0.2, 0) is 20.0 Å². The predicted octanol–water partition coefficient (Wildman–Crippen LogP) is 3.68. The lowest BCUT2D eigenvalue weighted by atomic mass is 10.1. The van der Waals surface area contributed by atoms with E-state index < -0.39 is 0 Å². The van der Waals surface area contributed by atoms with Crippen LogP contribution in [0.15, 0.2) is 35.6 Å². The second-order valence-electron chi connectivity index (χ2n) is 7.27. The zero-order valence-electron chi connectivity index (χ0n) is 17.7. The third-order valence-corrected chi connectivity index (χ3v) is 4.31. The number of hydrogen-bond acceptors (Lipinski definition) is 3. The Morgan fingerprint density at radius 2 is 2.07 bits per heavy atom. The van der Waals surface area contributed by atoms with Crippen LogP contribution in [-0.4, -0.2) is 35.9 Å². The number of guanidine groups is 1. The van der Waals surface area contributed by atoms with Crippen LogP contribution >= 0.6 is 24.0 Å². The third kappa shape index (κ3) is 8.50. The molecule has 1 aromatic carbocycles. The SMILES string of the molecule is CN=C(NCCc1cnn(C)c1)NCc1ccc(C)cc1OCCC(C)C.I. The smallest absolute Gasteiger partial charge is 0.191 e. The van der Waals surface area contributed by atoms with E-state index in [1.807, 2.05) is 24.1 Å². The molecule has 0 saturated carbocycles. The molecule has 7 heteroatoms. The van der Waals surface area contributed by atoms with Gasteiger partial charge in [-0.05, 0) is 42.9 Å². The predicted molar refractivity (Wildman–Crippen MR) is 127 cm³/mol. The van der Waals surface area contributed by atoms with E-state index in [0.29, 0.717) is 12.5 Å². The summed E-state index contributed by atoms with van der Waals surface area (Å²) in [6.07, 6.45) is 5.89. The van der Waals surface area contributed by atoms with Gasteiger partial charge in [-0.1, -0.05) is 26.0 Å². The molecule has 2 aromatic rings. The van der Waals surface area contributed by atoms with Gasteiger partial charge in [-0.15, -0.1) is 24.0 Å². The molecular formula is C21H34IN5O. The number of aromatic nitrogens is 2. The molecule has 2 N–H and O–H groups in total. The van der Waals surface area contributed by atoms with E-state index in [1.165, 1.54) is 11.1 Å². The molecule has 0 fully saturated rings. The Labute approximate surface area is 186 Å². The molecule has 2 rings (SSSR count). The summed E-state index contributed by atoms with van der Waals surface area (Å²) in [4.78, 5) is 4.30. The molecule has 0 aliphatic rings. The van der Waals surface area contributed by atoms with Crippen molar-refractivity contribution in [2.24, 2.45) is 18.0 Å². The van der Waals surface area contributed by atoms with Crippen molar-refractivity contribution < 1.29 is 4.74 Å². The Morgan fingerprint density at radius 1 is 1.29 bits per heavy atom. The van der Waals surface area contributed by atoms with Gasteiger partial charge in [0.25, 0.3) is 0 Å². The van der Waals surface area contributed by atoms with Gasteiger partial charge in [0.05, 0.1) is 12.8 Å². The zero-order chi connectivity index (χ0) is 19.6. The zero-order valence-corrected chi connectivity index (χ0v) is 20.0. The van der Waals surface area contributed by atoms with Gasteiger partial charge in [-0.3, -0.25) is 9.67 Å². The van der Waals surface area contributed by atoms with Gasteiger partial charge in [-0.25, -0.2) is 0 Å². The fourth-order valence-corrected chi connectivity index (χ4v) is 2.67. The fourth-order valence-electron chi connectivity index (χ4n) is 2.67. The number of halogens is 1. The lowest BCUT2D eigenvalue weighted by Crippen LogP contribution is -2.37. The van der Waals surface area contributed by atoms with Crippen LogP contribution in [0.5, 0.6) is 5.75 Å². The molecule has 0 unspecified atom stereocenters. The van der Waals surface area contributed by atoms with E-state index in [1.54, 1.807) is 7.05 Å². The molecule has 6 nitrogen and oxygen atoms in total. The molecular weight excluding hydrogens is 465 g/mol. The average molecular weight is 499 g/mol. The lowest BCUT2D eigenvalue weighted by Gasteiger charge is -2.16. The summed E-state index contributed by atoms with van der Waals surface area (Å²) in [6, 6.07) is 6.34. The lowest BCUT2D eigenvalue weighted by molar-refractivity contribution is 0.286. The number of nitrogens with one attached hydrogen (secondary N) is 2. The standard InChI is InChI=1S/C21H33N5O.HI/c1-16(2)9-11-27-20-12-17(3)6-7-19(20)14-24-21(22-4)23-10-8-18-13-25-26(5)15-18;/h6-7,12-13,15-16H,8-11,14H2,1-5H3,(H2,22,23,24);1H. The summed E-state index contributed by atoms with van der Waals surface area (Å²) in [7, 11) is 3.72. The highest BCUT2D eigenvalue weighted by Crippen LogP contribution is 2.21. The minimum Gasteiger partial charge on any atom is -0.493 e. The van der Waals surface area contributed by atoms with Crippen molar-refractivity contribution in [3.05, 3.63) is 47.3 Å². The highest BCUT2D eigenvalue weighted by molar-refractivity contribution is 14.0. The first-order valence-electron chi connectivity index (χ1n) is 9.62. The average Bonchev–Trinajstić information content (AvgIpc) is 3.04. The van der Waals surface area contributed by atoms with Gasteiger partial charge >= 0.3 is 0 Å². The molecule has 0 amide bonds. The fraction of sp³-hybridized carbons (Fsp3) is 0.524. The minimum atomic E-state index is 0. The van der Waals surface area contributed by atoms with Gasteiger partial charge in [0.2, 0.25) is 0 Å². The van der Waals surface area contributed by atoms with Crippen LogP contribution in [0.25, 0.3) is 0 Å². The van der Waals surface area contributed by atoms with E-state index in [2.05, 4.69) is 59.7 Å². The summed E-state index contributed by atoms with van der Waals surface area (Å²) in [5.41, 5.74) is 3.55. The van der Waals surface area contributed by atoms with Crippen molar-refractivity contribution in [1.82, 2.24) is 20.4 Å². The van der Waals surface area contributed by atoms with E-state index >= 15 is 0 Å². The molecule has 0 bridgehead atoms. The summed E-state index contributed by atoms with van der Waals surface area (Å²) in [5.74, 6) is 2.38. The number of rotatable bonds is 9. The Hall–Kier alpha value is -1.77. The van der Waals surface area contributed by atoms with Crippen molar-refractivity contribution in [3.8, 4) is 5.75 Å². The Balaban J connectivity index is 0.00000392. The maximum Gasteiger partial charge on any atom is 0.191 e. The number of hydrogen-bond donors (Lipinski definition) is 2. The van der Waals surface area contributed by atoms with Gasteiger partial charge in [0.15, 0.2) is 5.96 Å². The highest BCUT2D eigenvalue weighted by atomic mass is 127. The quantitative estimate of drug-likeness (QED) is 0.314. The number of aliphatic imine (C=N–C) groups is 1. The summed E-state index contributed by atoms with van der Waals surface area (Å²) in [6.45, 7) is 8.73. The molecule has 0 radical (unpaired) electrons. The molecule has 0 aliphatic heterocycles. The molecule has 156 valence electrons. The molecule has 0 saturated heterocycles. The highest BCUT2D eigenvalue weighted by Gasteiger charge is 2.07. The van der Waals surface area contributed by atoms with E-state index in [0.717, 1.165) is 43.3 Å². The number of ether oxygens (including phenoxy) is 1. The second-order valence-corrected chi connectivity index (χ2v) is 7.27. The normalized spacial score (nSPS) is 11.3. The second kappa shape index (κ2) is 12.6. The molecule has 0 spiro atoms. The van der Waals surface area contributed by atoms with Crippen LogP contribution < -0.4 is 15.4 Å². The van der Waals surface area contributed by atoms with Crippen molar-refractivity contribution in [2.75, 3.05) is 20.2 Å². The topological polar surface area (TPSA) is 63.5 Å². The Kier molecular flexibility index (Phi) is 11.0. The van der Waals surface area contributed by atoms with Gasteiger partial charge in [0.1, 0.15) is 5.75 Å². The first-order valence-corrected chi connectivity index (χ1v) is 9.62. The Morgan fingerprint density at radius 3 is 2.71 bits per heavy atom. The van der Waals surface area contributed by atoms with Gasteiger partial charge < -0.3 is 15.4 Å². The van der Waals surface area contributed by atoms with Crippen molar-refractivity contribution in [2.45, 2.75) is 40.2 Å². The number of aryl methyl sites for hydroxylation is 2. The summed E-state index contributed by atoms with van der Waals surface area (Å²) < 4.78 is 7.85. The van der Waals surface area contributed by atoms with E-state index in [-0.39, 0.29) is 24.0 Å². The van der Waals surface area contributed by atoms with Crippen LogP contribution in [0.3, 0.4) is 0 Å². The van der Waals surface area contributed by atoms with E-state index in [9.17, 15) is 0 Å². The minimum absolute atomic E-state index is 0. The first-order chi connectivity index (χ1) is 13.0. The maximum absolute atomic E-state index is 6.03. The molecule has 28 heavy (non-hydrogen) atoms. The van der Waals surface area contributed by atoms with Gasteiger partial charge in [-0.2, -0.15) is 5.10 Å². The van der Waals surface area contributed by atoms with Crippen LogP contribution in [0.1, 0.15) is 37.0 Å². The number of benzene rings is 1. The maximum atomic E-state index is 6.03. The summed E-state index contributed by atoms with van der Waals surface area (Å²) >= 11 is 0. The number of nitrogens with zero attached hydrogens (tertiary/aromatic N) is 3. The Bertz CT molecular complexity index is 742. The molecule has 1 aromatic heterocycles. The molecule has 0 aliphatic carbocycles. The molecule has 0 atom stereocenters. The first kappa shape index (κ1) is 24.3. The van der Waals surface area contributed by atoms with Gasteiger partial charge in [0, 0.05) is 38.9 Å². The van der Waals surface area contributed by atoms with Crippen molar-refractivity contribution >= 4 is 29.9 Å². The largest absolute Gasteiger partial charge is 0.493 e. The van der Waals surface area contributed by atoms with Crippen LogP contribution in [0, 0.1) is 12.8 Å². The monoisotopic (exact) mass is 499 g/mol. The third-order valence-electron chi connectivity index (χ3n) is 4.31. The van der Waals surface area contributed by atoms with E-state index in [4.69, 9.17) is 4.74 Å². The van der Waals surface area contributed by atoms with Crippen LogP contribution in [0.4, 0.5) is 0 Å². The van der Waals surface area contributed by atoms with Crippen LogP contribution in [0.2, 0.25) is 0 Å². The van der Waals surface area contributed by atoms with Crippen molar-refractivity contribution in [1.29, 1.82) is 0 Å². The summed E-state index contributed by atoms with van der Waals surface area (Å²) in [5, 5.41) is 10.9. The molecule has 1 heterocycles.